The van der Waals surface area contributed by atoms with Crippen LogP contribution >= 0.6 is 0 Å². The molecule has 0 aliphatic carbocycles. The largest absolute Gasteiger partial charge is 0.348 e. The summed E-state index contributed by atoms with van der Waals surface area (Å²) in [5.41, 5.74) is 2.11. The van der Waals surface area contributed by atoms with Crippen LogP contribution in [0.15, 0.2) is 54.6 Å². The van der Waals surface area contributed by atoms with Crippen LogP contribution in [0.2, 0.25) is 0 Å². The normalized spacial score (nSPS) is 11.3. The summed E-state index contributed by atoms with van der Waals surface area (Å²) in [5, 5.41) is 5.56. The minimum atomic E-state index is -0.263. The van der Waals surface area contributed by atoms with Crippen LogP contribution in [-0.2, 0) is 14.4 Å². The van der Waals surface area contributed by atoms with Crippen molar-refractivity contribution < 1.29 is 14.4 Å². The highest BCUT2D eigenvalue weighted by Crippen LogP contribution is 2.20. The van der Waals surface area contributed by atoms with Crippen LogP contribution < -0.4 is 15.5 Å². The molecule has 6 heteroatoms. The van der Waals surface area contributed by atoms with Crippen LogP contribution in [0.1, 0.15) is 32.4 Å². The van der Waals surface area contributed by atoms with Crippen LogP contribution in [0.5, 0.6) is 0 Å². The molecule has 2 N–H and O–H groups in total. The number of hydrogen-bond donors (Lipinski definition) is 2. The molecule has 6 nitrogen and oxygen atoms in total. The number of rotatable bonds is 6. The molecule has 136 valence electrons. The third-order valence-electron chi connectivity index (χ3n) is 3.84. The Balaban J connectivity index is 2.09. The van der Waals surface area contributed by atoms with Gasteiger partial charge in [0.1, 0.15) is 6.54 Å². The average Bonchev–Trinajstić information content (AvgIpc) is 2.59. The van der Waals surface area contributed by atoms with Crippen molar-refractivity contribution in [2.45, 2.75) is 26.8 Å². The Hall–Kier alpha value is -3.15. The number of anilines is 2. The van der Waals surface area contributed by atoms with E-state index in [0.29, 0.717) is 11.4 Å². The fraction of sp³-hybridized carbons (Fsp3) is 0.250. The number of carbonyl (C=O) groups excluding carboxylic acids is 3. The van der Waals surface area contributed by atoms with E-state index in [1.54, 1.807) is 24.3 Å². The topological polar surface area (TPSA) is 78.5 Å². The van der Waals surface area contributed by atoms with Crippen LogP contribution in [-0.4, -0.2) is 24.3 Å². The summed E-state index contributed by atoms with van der Waals surface area (Å²) in [6.45, 7) is 4.60. The van der Waals surface area contributed by atoms with Gasteiger partial charge in [-0.3, -0.25) is 14.4 Å². The van der Waals surface area contributed by atoms with Gasteiger partial charge in [0.2, 0.25) is 17.7 Å². The zero-order valence-electron chi connectivity index (χ0n) is 15.2. The smallest absolute Gasteiger partial charge is 0.240 e. The summed E-state index contributed by atoms with van der Waals surface area (Å²) in [6.07, 6.45) is 0. The highest BCUT2D eigenvalue weighted by molar-refractivity contribution is 5.98. The summed E-state index contributed by atoms with van der Waals surface area (Å²) in [7, 11) is 0. The van der Waals surface area contributed by atoms with Crippen LogP contribution in [0.3, 0.4) is 0 Å². The van der Waals surface area contributed by atoms with Crippen LogP contribution in [0, 0.1) is 0 Å². The molecule has 0 saturated carbocycles. The molecular formula is C20H23N3O3. The molecule has 1 atom stereocenters. The maximum atomic E-state index is 12.4. The zero-order chi connectivity index (χ0) is 19.1. The number of hydrogen-bond acceptors (Lipinski definition) is 3. The minimum Gasteiger partial charge on any atom is -0.348 e. The molecule has 2 aromatic rings. The Morgan fingerprint density at radius 3 is 2.31 bits per heavy atom. The second-order valence-electron chi connectivity index (χ2n) is 6.04. The van der Waals surface area contributed by atoms with Gasteiger partial charge in [-0.15, -0.1) is 0 Å². The van der Waals surface area contributed by atoms with Crippen molar-refractivity contribution in [2.75, 3.05) is 16.8 Å². The Morgan fingerprint density at radius 1 is 1.00 bits per heavy atom. The van der Waals surface area contributed by atoms with Gasteiger partial charge in [-0.25, -0.2) is 0 Å². The monoisotopic (exact) mass is 353 g/mol. The molecule has 2 aromatic carbocycles. The van der Waals surface area contributed by atoms with Gasteiger partial charge in [-0.1, -0.05) is 36.4 Å². The van der Waals surface area contributed by atoms with Crippen molar-refractivity contribution in [2.24, 2.45) is 0 Å². The maximum absolute atomic E-state index is 12.4. The van der Waals surface area contributed by atoms with E-state index in [0.717, 1.165) is 5.56 Å². The summed E-state index contributed by atoms with van der Waals surface area (Å²) in [4.78, 5) is 37.0. The lowest BCUT2D eigenvalue weighted by atomic mass is 10.1. The minimum absolute atomic E-state index is 0.101. The number of amides is 3. The first-order chi connectivity index (χ1) is 12.4. The Labute approximate surface area is 153 Å². The standard InChI is InChI=1S/C20H23N3O3/c1-14(17-8-5-4-6-9-17)21-20(26)13-23(16(3)25)19-11-7-10-18(12-19)22-15(2)24/h4-12,14H,13H2,1-3H3,(H,21,26)(H,22,24). The third kappa shape index (κ3) is 5.44. The second-order valence-corrected chi connectivity index (χ2v) is 6.04. The van der Waals surface area contributed by atoms with Crippen molar-refractivity contribution in [3.63, 3.8) is 0 Å². The predicted octanol–water partition coefficient (Wildman–Crippen LogP) is 2.88. The van der Waals surface area contributed by atoms with E-state index in [9.17, 15) is 14.4 Å². The summed E-state index contributed by atoms with van der Waals surface area (Å²) in [5.74, 6) is -0.722. The molecule has 0 spiro atoms. The van der Waals surface area contributed by atoms with Gasteiger partial charge in [-0.05, 0) is 30.7 Å². The van der Waals surface area contributed by atoms with Gasteiger partial charge in [0.25, 0.3) is 0 Å². The first-order valence-electron chi connectivity index (χ1n) is 8.37. The SMILES string of the molecule is CC(=O)Nc1cccc(N(CC(=O)NC(C)c2ccccc2)C(C)=O)c1. The lowest BCUT2D eigenvalue weighted by Gasteiger charge is -2.23. The van der Waals surface area contributed by atoms with Gasteiger partial charge < -0.3 is 15.5 Å². The molecule has 0 aromatic heterocycles. The lowest BCUT2D eigenvalue weighted by Crippen LogP contribution is -2.40. The van der Waals surface area contributed by atoms with Gasteiger partial charge in [0.15, 0.2) is 0 Å². The predicted molar refractivity (Wildman–Crippen MR) is 102 cm³/mol. The molecule has 0 radical (unpaired) electrons. The molecule has 0 saturated heterocycles. The Bertz CT molecular complexity index is 790. The van der Waals surface area contributed by atoms with Crippen molar-refractivity contribution >= 4 is 29.1 Å². The lowest BCUT2D eigenvalue weighted by molar-refractivity contribution is -0.123. The van der Waals surface area contributed by atoms with Crippen molar-refractivity contribution in [1.82, 2.24) is 5.32 Å². The van der Waals surface area contributed by atoms with Crippen LogP contribution in [0.4, 0.5) is 11.4 Å². The van der Waals surface area contributed by atoms with Crippen molar-refractivity contribution in [3.05, 3.63) is 60.2 Å². The molecule has 0 fully saturated rings. The second kappa shape index (κ2) is 8.80. The summed E-state index contributed by atoms with van der Waals surface area (Å²) >= 11 is 0. The third-order valence-corrected chi connectivity index (χ3v) is 3.84. The molecule has 3 amide bonds. The van der Waals surface area contributed by atoms with E-state index < -0.39 is 0 Å². The van der Waals surface area contributed by atoms with Gasteiger partial charge in [0.05, 0.1) is 6.04 Å². The molecule has 0 aliphatic heterocycles. The van der Waals surface area contributed by atoms with Gasteiger partial charge in [0, 0.05) is 25.2 Å². The number of nitrogens with one attached hydrogen (secondary N) is 2. The molecule has 0 heterocycles. The Morgan fingerprint density at radius 2 is 1.69 bits per heavy atom. The summed E-state index contributed by atoms with van der Waals surface area (Å²) < 4.78 is 0. The van der Waals surface area contributed by atoms with E-state index in [2.05, 4.69) is 10.6 Å². The molecule has 26 heavy (non-hydrogen) atoms. The van der Waals surface area contributed by atoms with Crippen molar-refractivity contribution in [1.29, 1.82) is 0 Å². The fourth-order valence-corrected chi connectivity index (χ4v) is 2.60. The molecule has 0 bridgehead atoms. The summed E-state index contributed by atoms with van der Waals surface area (Å²) in [6, 6.07) is 16.3. The first kappa shape index (κ1) is 19.2. The Kier molecular flexibility index (Phi) is 6.49. The maximum Gasteiger partial charge on any atom is 0.240 e. The van der Waals surface area contributed by atoms with Gasteiger partial charge in [-0.2, -0.15) is 0 Å². The zero-order valence-corrected chi connectivity index (χ0v) is 15.2. The fourth-order valence-electron chi connectivity index (χ4n) is 2.60. The van der Waals surface area contributed by atoms with E-state index in [4.69, 9.17) is 0 Å². The molecule has 2 rings (SSSR count). The quantitative estimate of drug-likeness (QED) is 0.838. The molecule has 0 aliphatic rings. The molecule has 1 unspecified atom stereocenters. The highest BCUT2D eigenvalue weighted by atomic mass is 16.2. The van der Waals surface area contributed by atoms with E-state index >= 15 is 0 Å². The number of carbonyl (C=O) groups is 3. The number of benzene rings is 2. The highest BCUT2D eigenvalue weighted by Gasteiger charge is 2.18. The van der Waals surface area contributed by atoms with E-state index in [1.165, 1.54) is 18.7 Å². The van der Waals surface area contributed by atoms with Crippen molar-refractivity contribution in [3.8, 4) is 0 Å². The van der Waals surface area contributed by atoms with E-state index in [1.807, 2.05) is 37.3 Å². The van der Waals surface area contributed by atoms with Crippen LogP contribution in [0.25, 0.3) is 0 Å². The average molecular weight is 353 g/mol. The first-order valence-corrected chi connectivity index (χ1v) is 8.37. The molecular weight excluding hydrogens is 330 g/mol. The number of nitrogens with zero attached hydrogens (tertiary/aromatic N) is 1. The van der Waals surface area contributed by atoms with E-state index in [-0.39, 0.29) is 30.3 Å². The van der Waals surface area contributed by atoms with Gasteiger partial charge >= 0.3 is 0 Å².